The Labute approximate surface area is 127 Å². The summed E-state index contributed by atoms with van der Waals surface area (Å²) in [4.78, 5) is 20.1. The lowest BCUT2D eigenvalue weighted by molar-refractivity contribution is -0.118. The summed E-state index contributed by atoms with van der Waals surface area (Å²) in [5.74, 6) is 6.42. The van der Waals surface area contributed by atoms with Crippen molar-refractivity contribution in [1.82, 2.24) is 15.4 Å². The van der Waals surface area contributed by atoms with E-state index in [1.807, 2.05) is 37.3 Å². The van der Waals surface area contributed by atoms with Gasteiger partial charge in [0.2, 0.25) is 5.91 Å². The summed E-state index contributed by atoms with van der Waals surface area (Å²) >= 11 is 1.32. The van der Waals surface area contributed by atoms with Crippen molar-refractivity contribution >= 4 is 17.7 Å². The molecule has 0 unspecified atom stereocenters. The number of methoxy groups -OCH3 is 1. The van der Waals surface area contributed by atoms with Crippen LogP contribution in [0.5, 0.6) is 5.75 Å². The predicted octanol–water partition coefficient (Wildman–Crippen LogP) is 1.54. The first-order chi connectivity index (χ1) is 10.1. The molecule has 2 rings (SSSR count). The molecule has 1 heterocycles. The maximum absolute atomic E-state index is 11.2. The average Bonchev–Trinajstić information content (AvgIpc) is 2.52. The van der Waals surface area contributed by atoms with Gasteiger partial charge in [0.1, 0.15) is 10.8 Å². The Balaban J connectivity index is 2.22. The number of hydrogen-bond acceptors (Lipinski definition) is 6. The molecule has 0 fully saturated rings. The van der Waals surface area contributed by atoms with Gasteiger partial charge in [-0.05, 0) is 37.3 Å². The van der Waals surface area contributed by atoms with E-state index in [4.69, 9.17) is 10.6 Å². The number of carbonyl (C=O) groups is 1. The molecule has 6 nitrogen and oxygen atoms in total. The second-order valence-corrected chi connectivity index (χ2v) is 5.25. The summed E-state index contributed by atoms with van der Waals surface area (Å²) in [6.45, 7) is 1.89. The van der Waals surface area contributed by atoms with Crippen LogP contribution in [0.15, 0.2) is 35.4 Å². The molecule has 1 aromatic carbocycles. The first-order valence-electron chi connectivity index (χ1n) is 6.24. The Hall–Kier alpha value is -2.12. The molecule has 0 saturated carbocycles. The van der Waals surface area contributed by atoms with E-state index >= 15 is 0 Å². The van der Waals surface area contributed by atoms with Crippen LogP contribution in [0.2, 0.25) is 0 Å². The number of nitrogens with zero attached hydrogens (tertiary/aromatic N) is 2. The number of aryl methyl sites for hydroxylation is 1. The molecule has 1 amide bonds. The van der Waals surface area contributed by atoms with Crippen LogP contribution in [-0.4, -0.2) is 28.7 Å². The van der Waals surface area contributed by atoms with E-state index in [0.717, 1.165) is 22.0 Å². The van der Waals surface area contributed by atoms with Gasteiger partial charge < -0.3 is 4.74 Å². The minimum absolute atomic E-state index is 0.217. The zero-order chi connectivity index (χ0) is 15.2. The largest absolute Gasteiger partial charge is 0.497 e. The summed E-state index contributed by atoms with van der Waals surface area (Å²) < 4.78 is 5.13. The summed E-state index contributed by atoms with van der Waals surface area (Å²) in [6.07, 6.45) is 0. The molecule has 2 aromatic rings. The summed E-state index contributed by atoms with van der Waals surface area (Å²) in [6, 6.07) is 9.34. The Morgan fingerprint density at radius 3 is 2.67 bits per heavy atom. The van der Waals surface area contributed by atoms with Crippen LogP contribution in [0.3, 0.4) is 0 Å². The SMILES string of the molecule is COc1ccc(-c2nc(C)cc(SCC(=O)NN)n2)cc1. The van der Waals surface area contributed by atoms with E-state index in [2.05, 4.69) is 15.4 Å². The van der Waals surface area contributed by atoms with Gasteiger partial charge in [0.15, 0.2) is 5.82 Å². The number of hydrogen-bond donors (Lipinski definition) is 2. The minimum Gasteiger partial charge on any atom is -0.497 e. The lowest BCUT2D eigenvalue weighted by Crippen LogP contribution is -2.31. The number of ether oxygens (including phenoxy) is 1. The summed E-state index contributed by atoms with van der Waals surface area (Å²) in [5.41, 5.74) is 3.82. The van der Waals surface area contributed by atoms with Crippen molar-refractivity contribution in [2.24, 2.45) is 5.84 Å². The van der Waals surface area contributed by atoms with Gasteiger partial charge in [0.05, 0.1) is 12.9 Å². The molecule has 0 aliphatic rings. The predicted molar refractivity (Wildman–Crippen MR) is 81.8 cm³/mol. The zero-order valence-electron chi connectivity index (χ0n) is 11.8. The number of carbonyl (C=O) groups excluding carboxylic acids is 1. The molecule has 110 valence electrons. The number of hydrazine groups is 1. The van der Waals surface area contributed by atoms with Gasteiger partial charge in [-0.25, -0.2) is 15.8 Å². The van der Waals surface area contributed by atoms with Crippen molar-refractivity contribution < 1.29 is 9.53 Å². The Morgan fingerprint density at radius 2 is 2.05 bits per heavy atom. The normalized spacial score (nSPS) is 10.2. The molecule has 1 aromatic heterocycles. The number of amides is 1. The summed E-state index contributed by atoms with van der Waals surface area (Å²) in [5, 5.41) is 0.733. The maximum Gasteiger partial charge on any atom is 0.244 e. The fourth-order valence-corrected chi connectivity index (χ4v) is 2.43. The average molecular weight is 304 g/mol. The van der Waals surface area contributed by atoms with Crippen molar-refractivity contribution in [1.29, 1.82) is 0 Å². The van der Waals surface area contributed by atoms with E-state index in [0.29, 0.717) is 5.82 Å². The molecule has 0 aliphatic heterocycles. The zero-order valence-corrected chi connectivity index (χ0v) is 12.6. The van der Waals surface area contributed by atoms with Gasteiger partial charge in [-0.2, -0.15) is 0 Å². The minimum atomic E-state index is -0.248. The topological polar surface area (TPSA) is 90.1 Å². The quantitative estimate of drug-likeness (QED) is 0.286. The van der Waals surface area contributed by atoms with E-state index in [1.54, 1.807) is 7.11 Å². The maximum atomic E-state index is 11.2. The van der Waals surface area contributed by atoms with Crippen molar-refractivity contribution in [3.05, 3.63) is 36.0 Å². The van der Waals surface area contributed by atoms with Gasteiger partial charge in [0, 0.05) is 11.3 Å². The highest BCUT2D eigenvalue weighted by Gasteiger charge is 2.07. The molecule has 21 heavy (non-hydrogen) atoms. The van der Waals surface area contributed by atoms with Crippen molar-refractivity contribution in [2.45, 2.75) is 11.9 Å². The lowest BCUT2D eigenvalue weighted by atomic mass is 10.2. The van der Waals surface area contributed by atoms with E-state index in [9.17, 15) is 4.79 Å². The third-order valence-corrected chi connectivity index (χ3v) is 3.60. The van der Waals surface area contributed by atoms with Crippen LogP contribution in [0.1, 0.15) is 5.69 Å². The third-order valence-electron chi connectivity index (χ3n) is 2.69. The van der Waals surface area contributed by atoms with Crippen LogP contribution >= 0.6 is 11.8 Å². The molecular formula is C14H16N4O2S. The second kappa shape index (κ2) is 7.05. The van der Waals surface area contributed by atoms with Crippen LogP contribution in [0.4, 0.5) is 0 Å². The lowest BCUT2D eigenvalue weighted by Gasteiger charge is -2.06. The first kappa shape index (κ1) is 15.3. The molecule has 0 spiro atoms. The van der Waals surface area contributed by atoms with Crippen molar-refractivity contribution in [3.8, 4) is 17.1 Å². The highest BCUT2D eigenvalue weighted by molar-refractivity contribution is 7.99. The van der Waals surface area contributed by atoms with Gasteiger partial charge in [0.25, 0.3) is 0 Å². The Bertz CT molecular complexity index is 631. The summed E-state index contributed by atoms with van der Waals surface area (Å²) in [7, 11) is 1.62. The van der Waals surface area contributed by atoms with E-state index < -0.39 is 0 Å². The number of rotatable bonds is 5. The van der Waals surface area contributed by atoms with Crippen molar-refractivity contribution in [3.63, 3.8) is 0 Å². The molecule has 3 N–H and O–H groups in total. The molecule has 0 bridgehead atoms. The molecule has 0 radical (unpaired) electrons. The number of nitrogens with two attached hydrogens (primary N) is 1. The van der Waals surface area contributed by atoms with Crippen LogP contribution in [0.25, 0.3) is 11.4 Å². The number of aromatic nitrogens is 2. The van der Waals surface area contributed by atoms with Crippen molar-refractivity contribution in [2.75, 3.05) is 12.9 Å². The molecule has 0 saturated heterocycles. The first-order valence-corrected chi connectivity index (χ1v) is 7.23. The van der Waals surface area contributed by atoms with Crippen LogP contribution < -0.4 is 16.0 Å². The third kappa shape index (κ3) is 4.17. The van der Waals surface area contributed by atoms with E-state index in [-0.39, 0.29) is 11.7 Å². The molecule has 0 atom stereocenters. The number of thioether (sulfide) groups is 1. The van der Waals surface area contributed by atoms with Crippen LogP contribution in [-0.2, 0) is 4.79 Å². The Kier molecular flexibility index (Phi) is 5.13. The number of benzene rings is 1. The highest BCUT2D eigenvalue weighted by atomic mass is 32.2. The van der Waals surface area contributed by atoms with Gasteiger partial charge in [-0.15, -0.1) is 0 Å². The Morgan fingerprint density at radius 1 is 1.33 bits per heavy atom. The monoisotopic (exact) mass is 304 g/mol. The molecular weight excluding hydrogens is 288 g/mol. The molecule has 7 heteroatoms. The highest BCUT2D eigenvalue weighted by Crippen LogP contribution is 2.23. The molecule has 0 aliphatic carbocycles. The van der Waals surface area contributed by atoms with Crippen LogP contribution in [0, 0.1) is 6.92 Å². The van der Waals surface area contributed by atoms with E-state index in [1.165, 1.54) is 11.8 Å². The van der Waals surface area contributed by atoms with Gasteiger partial charge in [-0.3, -0.25) is 10.2 Å². The standard InChI is InChI=1S/C14H16N4O2S/c1-9-7-13(21-8-12(19)18-15)17-14(16-9)10-3-5-11(20-2)6-4-10/h3-7H,8,15H2,1-2H3,(H,18,19). The fourth-order valence-electron chi connectivity index (χ4n) is 1.66. The second-order valence-electron chi connectivity index (χ2n) is 4.26. The smallest absolute Gasteiger partial charge is 0.244 e. The fraction of sp³-hybridized carbons (Fsp3) is 0.214. The van der Waals surface area contributed by atoms with Gasteiger partial charge >= 0.3 is 0 Å². The van der Waals surface area contributed by atoms with Gasteiger partial charge in [-0.1, -0.05) is 11.8 Å². The number of nitrogens with one attached hydrogen (secondary N) is 1.